The third kappa shape index (κ3) is 7.47. The number of nitrogens with one attached hydrogen (secondary N) is 2. The van der Waals surface area contributed by atoms with E-state index in [9.17, 15) is 14.4 Å². The maximum atomic E-state index is 13.3. The average Bonchev–Trinajstić information content (AvgIpc) is 3.26. The van der Waals surface area contributed by atoms with E-state index in [-0.39, 0.29) is 42.4 Å². The summed E-state index contributed by atoms with van der Waals surface area (Å²) in [4.78, 5) is 36.6. The number of hydrogen-bond donors (Lipinski definition) is 3. The summed E-state index contributed by atoms with van der Waals surface area (Å²) < 4.78 is 13.0. The number of carbonyl (C=O) groups excluding carboxylic acids is 3. The Bertz CT molecular complexity index is 1040. The van der Waals surface area contributed by atoms with Crippen LogP contribution in [0.4, 0.5) is 0 Å². The number of rotatable bonds is 13. The predicted octanol–water partition coefficient (Wildman–Crippen LogP) is 2.92. The molecule has 0 radical (unpaired) electrons. The minimum Gasteiger partial charge on any atom is -0.496 e. The van der Waals surface area contributed by atoms with Gasteiger partial charge in [-0.15, -0.1) is 0 Å². The fourth-order valence-corrected chi connectivity index (χ4v) is 3.89. The van der Waals surface area contributed by atoms with Crippen molar-refractivity contribution in [3.63, 3.8) is 0 Å². The molecule has 2 aromatic rings. The predicted molar refractivity (Wildman–Crippen MR) is 138 cm³/mol. The number of nitrogens with zero attached hydrogens (tertiary/aromatic N) is 2. The first kappa shape index (κ1) is 28.7. The number of benzene rings is 1. The Morgan fingerprint density at radius 3 is 2.17 bits per heavy atom. The third-order valence-electron chi connectivity index (χ3n) is 5.99. The lowest BCUT2D eigenvalue weighted by atomic mass is 10.0. The van der Waals surface area contributed by atoms with Crippen molar-refractivity contribution in [1.29, 1.82) is 0 Å². The molecular weight excluding hydrogens is 462 g/mol. The Morgan fingerprint density at radius 2 is 1.67 bits per heavy atom. The molecule has 1 unspecified atom stereocenters. The standard InChI is InChI=1S/C26H39N5O5/c1-15(2)11-18(12-24(33)28-14-23(27)32)29-26(34)19-13-20(31(30-19)17(5)16(3)4)25-21(35-6)9-8-10-22(25)36-7/h8-10,13,15-18H,11-12,14H2,1-7H3,(H2,27,32)(H,28,33)(H,29,34)/t17?,18-/m0/s1. The van der Waals surface area contributed by atoms with E-state index >= 15 is 0 Å². The highest BCUT2D eigenvalue weighted by Crippen LogP contribution is 2.40. The first-order valence-corrected chi connectivity index (χ1v) is 12.1. The molecule has 1 aromatic heterocycles. The van der Waals surface area contributed by atoms with Crippen molar-refractivity contribution < 1.29 is 23.9 Å². The topological polar surface area (TPSA) is 138 Å². The van der Waals surface area contributed by atoms with Crippen LogP contribution in [0.1, 0.15) is 64.0 Å². The van der Waals surface area contributed by atoms with Crippen LogP contribution in [0.2, 0.25) is 0 Å². The van der Waals surface area contributed by atoms with Crippen LogP contribution in [0.3, 0.4) is 0 Å². The van der Waals surface area contributed by atoms with Crippen molar-refractivity contribution in [2.24, 2.45) is 17.6 Å². The number of nitrogens with two attached hydrogens (primary N) is 1. The molecule has 198 valence electrons. The van der Waals surface area contributed by atoms with Gasteiger partial charge in [0.05, 0.1) is 38.1 Å². The van der Waals surface area contributed by atoms with Crippen LogP contribution in [-0.2, 0) is 9.59 Å². The molecule has 0 aliphatic heterocycles. The second kappa shape index (κ2) is 12.9. The molecule has 0 spiro atoms. The molecule has 0 bridgehead atoms. The molecule has 1 heterocycles. The fraction of sp³-hybridized carbons (Fsp3) is 0.538. The van der Waals surface area contributed by atoms with Crippen LogP contribution in [0, 0.1) is 11.8 Å². The van der Waals surface area contributed by atoms with Gasteiger partial charge in [0.2, 0.25) is 11.8 Å². The van der Waals surface area contributed by atoms with E-state index in [0.29, 0.717) is 29.2 Å². The summed E-state index contributed by atoms with van der Waals surface area (Å²) in [5.74, 6) is 0.279. The first-order valence-electron chi connectivity index (χ1n) is 12.1. The Morgan fingerprint density at radius 1 is 1.06 bits per heavy atom. The summed E-state index contributed by atoms with van der Waals surface area (Å²) in [6.07, 6.45) is 0.597. The largest absolute Gasteiger partial charge is 0.496 e. The van der Waals surface area contributed by atoms with Gasteiger partial charge in [0.1, 0.15) is 11.5 Å². The van der Waals surface area contributed by atoms with Crippen LogP contribution in [0.25, 0.3) is 11.3 Å². The van der Waals surface area contributed by atoms with E-state index < -0.39 is 17.9 Å². The van der Waals surface area contributed by atoms with Crippen LogP contribution < -0.4 is 25.8 Å². The lowest BCUT2D eigenvalue weighted by Gasteiger charge is -2.21. The summed E-state index contributed by atoms with van der Waals surface area (Å²) in [5, 5.41) is 10.1. The number of carbonyl (C=O) groups is 3. The molecule has 2 atom stereocenters. The van der Waals surface area contributed by atoms with Crippen molar-refractivity contribution in [2.75, 3.05) is 20.8 Å². The van der Waals surface area contributed by atoms with Crippen molar-refractivity contribution in [2.45, 2.75) is 59.5 Å². The monoisotopic (exact) mass is 501 g/mol. The molecule has 4 N–H and O–H groups in total. The minimum atomic E-state index is -0.628. The molecule has 1 aromatic carbocycles. The highest BCUT2D eigenvalue weighted by atomic mass is 16.5. The molecule has 10 heteroatoms. The maximum absolute atomic E-state index is 13.3. The van der Waals surface area contributed by atoms with Gasteiger partial charge < -0.3 is 25.8 Å². The summed E-state index contributed by atoms with van der Waals surface area (Å²) in [6, 6.07) is 6.75. The quantitative estimate of drug-likeness (QED) is 0.386. The molecule has 3 amide bonds. The maximum Gasteiger partial charge on any atom is 0.272 e. The van der Waals surface area contributed by atoms with Gasteiger partial charge in [-0.2, -0.15) is 5.10 Å². The van der Waals surface area contributed by atoms with Crippen LogP contribution in [0.15, 0.2) is 24.3 Å². The number of primary amides is 1. The van der Waals surface area contributed by atoms with Gasteiger partial charge in [-0.3, -0.25) is 19.1 Å². The van der Waals surface area contributed by atoms with E-state index in [0.717, 1.165) is 0 Å². The minimum absolute atomic E-state index is 0.0213. The zero-order valence-corrected chi connectivity index (χ0v) is 22.3. The number of amides is 3. The van der Waals surface area contributed by atoms with Gasteiger partial charge in [0, 0.05) is 12.5 Å². The SMILES string of the molecule is COc1cccc(OC)c1-c1cc(C(=O)N[C@H](CC(=O)NCC(N)=O)CC(C)C)nn1C(C)C(C)C. The van der Waals surface area contributed by atoms with Gasteiger partial charge in [-0.25, -0.2) is 0 Å². The molecule has 0 saturated carbocycles. The summed E-state index contributed by atoms with van der Waals surface area (Å²) in [6.45, 7) is 9.96. The summed E-state index contributed by atoms with van der Waals surface area (Å²) in [7, 11) is 3.16. The zero-order chi connectivity index (χ0) is 27.0. The van der Waals surface area contributed by atoms with E-state index in [1.54, 1.807) is 20.3 Å². The highest BCUT2D eigenvalue weighted by Gasteiger charge is 2.26. The van der Waals surface area contributed by atoms with E-state index in [1.807, 2.05) is 43.7 Å². The van der Waals surface area contributed by atoms with Crippen molar-refractivity contribution >= 4 is 17.7 Å². The highest BCUT2D eigenvalue weighted by molar-refractivity contribution is 5.94. The van der Waals surface area contributed by atoms with Crippen LogP contribution >= 0.6 is 0 Å². The molecule has 0 saturated heterocycles. The first-order chi connectivity index (χ1) is 17.0. The van der Waals surface area contributed by atoms with Gasteiger partial charge >= 0.3 is 0 Å². The average molecular weight is 502 g/mol. The molecular formula is C26H39N5O5. The van der Waals surface area contributed by atoms with Gasteiger partial charge in [0.25, 0.3) is 5.91 Å². The van der Waals surface area contributed by atoms with Crippen LogP contribution in [-0.4, -0.2) is 54.3 Å². The second-order valence-corrected chi connectivity index (χ2v) is 9.63. The summed E-state index contributed by atoms with van der Waals surface area (Å²) >= 11 is 0. The molecule has 0 aliphatic carbocycles. The van der Waals surface area contributed by atoms with Crippen molar-refractivity contribution in [3.8, 4) is 22.8 Å². The second-order valence-electron chi connectivity index (χ2n) is 9.63. The Balaban J connectivity index is 2.44. The number of hydrogen-bond acceptors (Lipinski definition) is 6. The Labute approximate surface area is 212 Å². The lowest BCUT2D eigenvalue weighted by Crippen LogP contribution is -2.41. The number of aromatic nitrogens is 2. The summed E-state index contributed by atoms with van der Waals surface area (Å²) in [5.41, 5.74) is 6.72. The van der Waals surface area contributed by atoms with E-state index in [1.165, 1.54) is 0 Å². The van der Waals surface area contributed by atoms with Gasteiger partial charge in [-0.05, 0) is 43.4 Å². The van der Waals surface area contributed by atoms with Crippen molar-refractivity contribution in [1.82, 2.24) is 20.4 Å². The fourth-order valence-electron chi connectivity index (χ4n) is 3.89. The zero-order valence-electron chi connectivity index (χ0n) is 22.3. The Hall–Kier alpha value is -3.56. The third-order valence-corrected chi connectivity index (χ3v) is 5.99. The smallest absolute Gasteiger partial charge is 0.272 e. The van der Waals surface area contributed by atoms with Crippen molar-refractivity contribution in [3.05, 3.63) is 30.0 Å². The number of ether oxygens (including phenoxy) is 2. The Kier molecular flexibility index (Phi) is 10.3. The molecule has 10 nitrogen and oxygen atoms in total. The molecule has 36 heavy (non-hydrogen) atoms. The van der Waals surface area contributed by atoms with Crippen LogP contribution in [0.5, 0.6) is 11.5 Å². The molecule has 2 rings (SSSR count). The molecule has 0 fully saturated rings. The van der Waals surface area contributed by atoms with E-state index in [2.05, 4.69) is 29.6 Å². The van der Waals surface area contributed by atoms with Gasteiger partial charge in [0.15, 0.2) is 5.69 Å². The van der Waals surface area contributed by atoms with Gasteiger partial charge in [-0.1, -0.05) is 33.8 Å². The lowest BCUT2D eigenvalue weighted by molar-refractivity contribution is -0.125. The normalized spacial score (nSPS) is 12.8. The molecule has 0 aliphatic rings. The van der Waals surface area contributed by atoms with E-state index in [4.69, 9.17) is 15.2 Å². The number of methoxy groups -OCH3 is 2.